The summed E-state index contributed by atoms with van der Waals surface area (Å²) in [6.07, 6.45) is 1.13. The highest BCUT2D eigenvalue weighted by atomic mass is 79.9. The van der Waals surface area contributed by atoms with Gasteiger partial charge in [-0.05, 0) is 37.1 Å². The van der Waals surface area contributed by atoms with Crippen LogP contribution in [0.3, 0.4) is 0 Å². The van der Waals surface area contributed by atoms with E-state index in [2.05, 4.69) is 40.0 Å². The van der Waals surface area contributed by atoms with E-state index in [9.17, 15) is 4.39 Å². The van der Waals surface area contributed by atoms with Crippen LogP contribution >= 0.6 is 15.9 Å². The Morgan fingerprint density at radius 1 is 1.50 bits per heavy atom. The van der Waals surface area contributed by atoms with Crippen molar-refractivity contribution in [1.82, 2.24) is 5.32 Å². The molecular formula is C14H20BrFN2. The van der Waals surface area contributed by atoms with Gasteiger partial charge in [0.2, 0.25) is 0 Å². The lowest BCUT2D eigenvalue weighted by atomic mass is 10.1. The van der Waals surface area contributed by atoms with Gasteiger partial charge in [0.25, 0.3) is 0 Å². The van der Waals surface area contributed by atoms with Crippen LogP contribution in [0.25, 0.3) is 0 Å². The average molecular weight is 315 g/mol. The van der Waals surface area contributed by atoms with E-state index in [4.69, 9.17) is 0 Å². The normalized spacial score (nSPS) is 19.8. The number of rotatable bonds is 4. The fraction of sp³-hybridized carbons (Fsp3) is 0.571. The molecule has 0 saturated carbocycles. The first-order valence-electron chi connectivity index (χ1n) is 6.49. The molecular weight excluding hydrogens is 295 g/mol. The maximum atomic E-state index is 13.9. The highest BCUT2D eigenvalue weighted by Crippen LogP contribution is 2.28. The van der Waals surface area contributed by atoms with Crippen molar-refractivity contribution in [3.05, 3.63) is 28.5 Å². The Balaban J connectivity index is 1.95. The van der Waals surface area contributed by atoms with Gasteiger partial charge >= 0.3 is 0 Å². The van der Waals surface area contributed by atoms with Gasteiger partial charge in [0.05, 0.1) is 5.69 Å². The van der Waals surface area contributed by atoms with E-state index in [1.807, 2.05) is 12.1 Å². The van der Waals surface area contributed by atoms with Crippen LogP contribution in [0.15, 0.2) is 22.7 Å². The Morgan fingerprint density at radius 3 is 2.94 bits per heavy atom. The Hall–Kier alpha value is -0.610. The number of hydrogen-bond acceptors (Lipinski definition) is 2. The van der Waals surface area contributed by atoms with Crippen molar-refractivity contribution in [3.63, 3.8) is 0 Å². The molecule has 0 bridgehead atoms. The van der Waals surface area contributed by atoms with Gasteiger partial charge in [-0.15, -0.1) is 0 Å². The van der Waals surface area contributed by atoms with Crippen LogP contribution in [0.5, 0.6) is 0 Å². The van der Waals surface area contributed by atoms with Crippen molar-refractivity contribution in [3.8, 4) is 0 Å². The van der Waals surface area contributed by atoms with Gasteiger partial charge in [0, 0.05) is 23.6 Å². The molecule has 0 aromatic heterocycles. The Morgan fingerprint density at radius 2 is 2.28 bits per heavy atom. The maximum Gasteiger partial charge on any atom is 0.147 e. The molecule has 0 radical (unpaired) electrons. The zero-order valence-corrected chi connectivity index (χ0v) is 12.5. The van der Waals surface area contributed by atoms with Crippen LogP contribution in [0.2, 0.25) is 0 Å². The summed E-state index contributed by atoms with van der Waals surface area (Å²) < 4.78 is 14.6. The monoisotopic (exact) mass is 314 g/mol. The predicted octanol–water partition coefficient (Wildman–Crippen LogP) is 3.41. The predicted molar refractivity (Wildman–Crippen MR) is 77.6 cm³/mol. The van der Waals surface area contributed by atoms with E-state index in [-0.39, 0.29) is 5.82 Å². The molecule has 4 heteroatoms. The van der Waals surface area contributed by atoms with E-state index in [1.54, 1.807) is 0 Å². The highest BCUT2D eigenvalue weighted by molar-refractivity contribution is 9.10. The number of benzene rings is 1. The molecule has 0 amide bonds. The van der Waals surface area contributed by atoms with Crippen molar-refractivity contribution in [2.24, 2.45) is 5.92 Å². The molecule has 1 saturated heterocycles. The lowest BCUT2D eigenvalue weighted by Gasteiger charge is -2.20. The number of hydrogen-bond donors (Lipinski definition) is 1. The summed E-state index contributed by atoms with van der Waals surface area (Å²) in [4.78, 5) is 2.15. The van der Waals surface area contributed by atoms with E-state index in [0.717, 1.165) is 36.2 Å². The van der Waals surface area contributed by atoms with Gasteiger partial charge < -0.3 is 10.2 Å². The third-order valence-electron chi connectivity index (χ3n) is 3.35. The Bertz CT molecular complexity index is 409. The molecule has 1 atom stereocenters. The molecule has 2 rings (SSSR count). The smallest absolute Gasteiger partial charge is 0.147 e. The molecule has 1 aliphatic rings. The quantitative estimate of drug-likeness (QED) is 0.916. The van der Waals surface area contributed by atoms with E-state index in [1.165, 1.54) is 6.07 Å². The Labute approximate surface area is 117 Å². The lowest BCUT2D eigenvalue weighted by Crippen LogP contribution is -2.30. The van der Waals surface area contributed by atoms with Crippen LogP contribution in [0, 0.1) is 11.7 Å². The molecule has 0 aliphatic carbocycles. The molecule has 1 fully saturated rings. The number of nitrogens with one attached hydrogen (secondary N) is 1. The standard InChI is InChI=1S/C14H20BrFN2/c1-10(2)17-8-11-5-6-18(9-11)14-4-3-12(15)7-13(14)16/h3-4,7,10-11,17H,5-6,8-9H2,1-2H3. The minimum atomic E-state index is -0.137. The van der Waals surface area contributed by atoms with Gasteiger partial charge in [-0.1, -0.05) is 29.8 Å². The fourth-order valence-electron chi connectivity index (χ4n) is 2.36. The van der Waals surface area contributed by atoms with Crippen LogP contribution in [-0.2, 0) is 0 Å². The summed E-state index contributed by atoms with van der Waals surface area (Å²) in [5.41, 5.74) is 0.727. The number of halogens is 2. The molecule has 1 N–H and O–H groups in total. The molecule has 1 heterocycles. The summed E-state index contributed by atoms with van der Waals surface area (Å²) in [6, 6.07) is 5.81. The van der Waals surface area contributed by atoms with Crippen molar-refractivity contribution < 1.29 is 4.39 Å². The van der Waals surface area contributed by atoms with Crippen molar-refractivity contribution in [2.45, 2.75) is 26.3 Å². The second-order valence-corrected chi connectivity index (χ2v) is 6.18. The summed E-state index contributed by atoms with van der Waals surface area (Å²) in [5.74, 6) is 0.484. The van der Waals surface area contributed by atoms with Gasteiger partial charge in [0.1, 0.15) is 5.82 Å². The molecule has 0 spiro atoms. The van der Waals surface area contributed by atoms with Crippen molar-refractivity contribution in [2.75, 3.05) is 24.5 Å². The molecule has 18 heavy (non-hydrogen) atoms. The first-order valence-corrected chi connectivity index (χ1v) is 7.29. The molecule has 2 nitrogen and oxygen atoms in total. The van der Waals surface area contributed by atoms with E-state index < -0.39 is 0 Å². The van der Waals surface area contributed by atoms with Gasteiger partial charge in [-0.3, -0.25) is 0 Å². The zero-order chi connectivity index (χ0) is 13.1. The first kappa shape index (κ1) is 13.8. The number of anilines is 1. The molecule has 100 valence electrons. The summed E-state index contributed by atoms with van der Waals surface area (Å²) in [5, 5.41) is 3.46. The lowest BCUT2D eigenvalue weighted by molar-refractivity contribution is 0.480. The topological polar surface area (TPSA) is 15.3 Å². The van der Waals surface area contributed by atoms with Crippen LogP contribution < -0.4 is 10.2 Å². The second kappa shape index (κ2) is 6.02. The largest absolute Gasteiger partial charge is 0.369 e. The average Bonchev–Trinajstić information content (AvgIpc) is 2.75. The first-order chi connectivity index (χ1) is 8.56. The van der Waals surface area contributed by atoms with E-state index >= 15 is 0 Å². The van der Waals surface area contributed by atoms with Crippen molar-refractivity contribution in [1.29, 1.82) is 0 Å². The summed E-state index contributed by atoms with van der Waals surface area (Å²) in [6.45, 7) is 7.22. The minimum Gasteiger partial charge on any atom is -0.369 e. The molecule has 1 aromatic rings. The van der Waals surface area contributed by atoms with Crippen LogP contribution in [-0.4, -0.2) is 25.7 Å². The summed E-state index contributed by atoms with van der Waals surface area (Å²) in [7, 11) is 0. The fourth-order valence-corrected chi connectivity index (χ4v) is 2.69. The highest BCUT2D eigenvalue weighted by Gasteiger charge is 2.24. The third-order valence-corrected chi connectivity index (χ3v) is 3.84. The van der Waals surface area contributed by atoms with Gasteiger partial charge in [-0.25, -0.2) is 4.39 Å². The van der Waals surface area contributed by atoms with Crippen LogP contribution in [0.1, 0.15) is 20.3 Å². The minimum absolute atomic E-state index is 0.137. The molecule has 1 aliphatic heterocycles. The van der Waals surface area contributed by atoms with Gasteiger partial charge in [-0.2, -0.15) is 0 Å². The summed E-state index contributed by atoms with van der Waals surface area (Å²) >= 11 is 3.29. The van der Waals surface area contributed by atoms with Gasteiger partial charge in [0.15, 0.2) is 0 Å². The molecule has 1 aromatic carbocycles. The third kappa shape index (κ3) is 3.45. The molecule has 1 unspecified atom stereocenters. The zero-order valence-electron chi connectivity index (χ0n) is 10.9. The SMILES string of the molecule is CC(C)NCC1CCN(c2ccc(Br)cc2F)C1. The Kier molecular flexibility index (Phi) is 4.62. The van der Waals surface area contributed by atoms with E-state index in [0.29, 0.717) is 12.0 Å². The van der Waals surface area contributed by atoms with Crippen LogP contribution in [0.4, 0.5) is 10.1 Å². The maximum absolute atomic E-state index is 13.9. The number of nitrogens with zero attached hydrogens (tertiary/aromatic N) is 1. The second-order valence-electron chi connectivity index (χ2n) is 5.26. The van der Waals surface area contributed by atoms with Crippen molar-refractivity contribution >= 4 is 21.6 Å².